The maximum absolute atomic E-state index is 11.9. The summed E-state index contributed by atoms with van der Waals surface area (Å²) in [5.41, 5.74) is 0.857. The van der Waals surface area contributed by atoms with E-state index in [2.05, 4.69) is 6.92 Å². The molecule has 0 N–H and O–H groups in total. The first-order chi connectivity index (χ1) is 15.7. The maximum atomic E-state index is 11.9. The zero-order chi connectivity index (χ0) is 22.9. The smallest absolute Gasteiger partial charge is 0.306 e. The second-order valence-corrected chi connectivity index (χ2v) is 7.92. The fourth-order valence-electron chi connectivity index (χ4n) is 3.21. The third-order valence-electron chi connectivity index (χ3n) is 5.10. The van der Waals surface area contributed by atoms with Crippen LogP contribution in [0, 0.1) is 0 Å². The summed E-state index contributed by atoms with van der Waals surface area (Å²) in [4.78, 5) is 23.7. The summed E-state index contributed by atoms with van der Waals surface area (Å²) in [5.74, 6) is 0.734. The number of esters is 2. The van der Waals surface area contributed by atoms with Crippen molar-refractivity contribution >= 4 is 11.9 Å². The van der Waals surface area contributed by atoms with E-state index in [1.807, 2.05) is 54.6 Å². The van der Waals surface area contributed by atoms with Crippen molar-refractivity contribution in [1.82, 2.24) is 0 Å². The van der Waals surface area contributed by atoms with Crippen LogP contribution in [-0.2, 0) is 25.7 Å². The molecular formula is C27H36O5. The van der Waals surface area contributed by atoms with Crippen LogP contribution in [0.4, 0.5) is 0 Å². The monoisotopic (exact) mass is 440 g/mol. The van der Waals surface area contributed by atoms with Gasteiger partial charge in [0, 0.05) is 0 Å². The molecule has 174 valence electrons. The molecule has 2 aromatic rings. The van der Waals surface area contributed by atoms with E-state index in [1.165, 1.54) is 38.5 Å². The summed E-state index contributed by atoms with van der Waals surface area (Å²) in [6.07, 6.45) is 9.68. The second-order valence-electron chi connectivity index (χ2n) is 7.92. The normalized spacial score (nSPS) is 10.5. The largest absolute Gasteiger partial charge is 0.466 e. The zero-order valence-corrected chi connectivity index (χ0v) is 19.2. The minimum absolute atomic E-state index is 0.0332. The van der Waals surface area contributed by atoms with Crippen molar-refractivity contribution in [1.29, 1.82) is 0 Å². The van der Waals surface area contributed by atoms with Crippen LogP contribution in [0.15, 0.2) is 54.6 Å². The van der Waals surface area contributed by atoms with Gasteiger partial charge in [-0.2, -0.15) is 0 Å². The van der Waals surface area contributed by atoms with Crippen LogP contribution in [0.1, 0.15) is 76.7 Å². The molecule has 0 aliphatic heterocycles. The van der Waals surface area contributed by atoms with Crippen molar-refractivity contribution in [2.45, 2.75) is 77.7 Å². The van der Waals surface area contributed by atoms with E-state index >= 15 is 0 Å². The number of hydrogen-bond donors (Lipinski definition) is 0. The summed E-state index contributed by atoms with van der Waals surface area (Å²) in [6.45, 7) is 2.81. The minimum atomic E-state index is -0.404. The number of hydrogen-bond acceptors (Lipinski definition) is 5. The van der Waals surface area contributed by atoms with Crippen LogP contribution in [0.25, 0.3) is 0 Å². The predicted octanol–water partition coefficient (Wildman–Crippen LogP) is 6.99. The lowest BCUT2D eigenvalue weighted by atomic mass is 10.1. The number of benzene rings is 2. The average molecular weight is 441 g/mol. The lowest BCUT2D eigenvalue weighted by Gasteiger charge is -2.08. The molecule has 32 heavy (non-hydrogen) atoms. The quantitative estimate of drug-likeness (QED) is 0.208. The summed E-state index contributed by atoms with van der Waals surface area (Å²) in [6, 6.07) is 16.9. The molecule has 0 radical (unpaired) electrons. The Kier molecular flexibility index (Phi) is 12.6. The van der Waals surface area contributed by atoms with Crippen LogP contribution < -0.4 is 4.74 Å². The molecular weight excluding hydrogens is 404 g/mol. The molecule has 0 atom stereocenters. The third-order valence-corrected chi connectivity index (χ3v) is 5.10. The number of carbonyl (C=O) groups is 2. The number of para-hydroxylation sites is 1. The van der Waals surface area contributed by atoms with Crippen molar-refractivity contribution in [3.8, 4) is 11.5 Å². The van der Waals surface area contributed by atoms with Gasteiger partial charge >= 0.3 is 11.9 Å². The Balaban J connectivity index is 1.51. The third kappa shape index (κ3) is 11.5. The summed E-state index contributed by atoms with van der Waals surface area (Å²) >= 11 is 0. The highest BCUT2D eigenvalue weighted by molar-refractivity contribution is 5.77. The van der Waals surface area contributed by atoms with Crippen molar-refractivity contribution in [2.24, 2.45) is 0 Å². The molecule has 0 aliphatic carbocycles. The molecule has 0 aromatic heterocycles. The Morgan fingerprint density at radius 3 is 1.88 bits per heavy atom. The summed E-state index contributed by atoms with van der Waals surface area (Å²) < 4.78 is 16.2. The van der Waals surface area contributed by atoms with Gasteiger partial charge in [-0.05, 0) is 36.2 Å². The molecule has 0 fully saturated rings. The van der Waals surface area contributed by atoms with Gasteiger partial charge in [0.1, 0.15) is 18.1 Å². The van der Waals surface area contributed by atoms with Crippen LogP contribution in [0.5, 0.6) is 11.5 Å². The predicted molar refractivity (Wildman–Crippen MR) is 126 cm³/mol. The molecule has 2 rings (SSSR count). The lowest BCUT2D eigenvalue weighted by Crippen LogP contribution is -2.11. The number of rotatable bonds is 16. The second kappa shape index (κ2) is 15.9. The van der Waals surface area contributed by atoms with Gasteiger partial charge in [0.25, 0.3) is 0 Å². The van der Waals surface area contributed by atoms with Gasteiger partial charge in [0.05, 0.1) is 19.4 Å². The topological polar surface area (TPSA) is 61.8 Å². The average Bonchev–Trinajstić information content (AvgIpc) is 2.82. The van der Waals surface area contributed by atoms with Gasteiger partial charge in [-0.1, -0.05) is 82.2 Å². The first-order valence-corrected chi connectivity index (χ1v) is 11.8. The molecule has 5 heteroatoms. The van der Waals surface area contributed by atoms with Crippen LogP contribution in [0.2, 0.25) is 0 Å². The molecule has 0 aliphatic rings. The van der Waals surface area contributed by atoms with E-state index in [0.29, 0.717) is 12.4 Å². The summed E-state index contributed by atoms with van der Waals surface area (Å²) in [7, 11) is 0. The Morgan fingerprint density at radius 2 is 1.22 bits per heavy atom. The van der Waals surface area contributed by atoms with Crippen molar-refractivity contribution in [3.05, 3.63) is 60.2 Å². The fourth-order valence-corrected chi connectivity index (χ4v) is 3.21. The van der Waals surface area contributed by atoms with Crippen LogP contribution >= 0.6 is 0 Å². The van der Waals surface area contributed by atoms with E-state index in [9.17, 15) is 9.59 Å². The van der Waals surface area contributed by atoms with Gasteiger partial charge in [-0.15, -0.1) is 0 Å². The Hall–Kier alpha value is -2.82. The molecule has 0 spiro atoms. The van der Waals surface area contributed by atoms with Crippen molar-refractivity contribution in [2.75, 3.05) is 6.61 Å². The van der Waals surface area contributed by atoms with Gasteiger partial charge in [0.15, 0.2) is 0 Å². The number of unbranched alkanes of at least 4 members (excludes halogenated alkanes) is 7. The van der Waals surface area contributed by atoms with E-state index in [1.54, 1.807) is 0 Å². The highest BCUT2D eigenvalue weighted by Gasteiger charge is 2.09. The first-order valence-electron chi connectivity index (χ1n) is 11.8. The molecule has 0 bridgehead atoms. The molecule has 2 aromatic carbocycles. The molecule has 0 amide bonds. The SMILES string of the molecule is CCCCCCCCCCOC(=O)CCC(=O)OCc1ccc(Oc2ccccc2)cc1. The lowest BCUT2D eigenvalue weighted by molar-refractivity contribution is -0.151. The van der Waals surface area contributed by atoms with E-state index in [0.717, 1.165) is 24.2 Å². The van der Waals surface area contributed by atoms with Crippen molar-refractivity contribution in [3.63, 3.8) is 0 Å². The highest BCUT2D eigenvalue weighted by atomic mass is 16.5. The van der Waals surface area contributed by atoms with E-state index in [4.69, 9.17) is 14.2 Å². The highest BCUT2D eigenvalue weighted by Crippen LogP contribution is 2.21. The first kappa shape index (κ1) is 25.4. The van der Waals surface area contributed by atoms with Gasteiger partial charge in [-0.3, -0.25) is 9.59 Å². The van der Waals surface area contributed by atoms with Crippen LogP contribution in [-0.4, -0.2) is 18.5 Å². The fraction of sp³-hybridized carbons (Fsp3) is 0.481. The van der Waals surface area contributed by atoms with Crippen LogP contribution in [0.3, 0.4) is 0 Å². The Labute approximate surface area is 192 Å². The molecule has 0 saturated heterocycles. The van der Waals surface area contributed by atoms with Crippen molar-refractivity contribution < 1.29 is 23.8 Å². The maximum Gasteiger partial charge on any atom is 0.306 e. The standard InChI is InChI=1S/C27H36O5/c1-2-3-4-5-6-7-8-12-21-30-26(28)19-20-27(29)31-22-23-15-17-25(18-16-23)32-24-13-10-9-11-14-24/h9-11,13-18H,2-8,12,19-22H2,1H3. The molecule has 0 saturated carbocycles. The zero-order valence-electron chi connectivity index (χ0n) is 19.2. The van der Waals surface area contributed by atoms with Gasteiger partial charge in [-0.25, -0.2) is 0 Å². The molecule has 5 nitrogen and oxygen atoms in total. The number of carbonyl (C=O) groups excluding carboxylic acids is 2. The Bertz CT molecular complexity index is 770. The van der Waals surface area contributed by atoms with Gasteiger partial charge < -0.3 is 14.2 Å². The van der Waals surface area contributed by atoms with E-state index < -0.39 is 5.97 Å². The molecule has 0 unspecified atom stereocenters. The Morgan fingerprint density at radius 1 is 0.656 bits per heavy atom. The van der Waals surface area contributed by atoms with Gasteiger partial charge in [0.2, 0.25) is 0 Å². The minimum Gasteiger partial charge on any atom is -0.466 e. The van der Waals surface area contributed by atoms with E-state index in [-0.39, 0.29) is 25.4 Å². The summed E-state index contributed by atoms with van der Waals surface area (Å²) in [5, 5.41) is 0. The number of ether oxygens (including phenoxy) is 3. The molecule has 0 heterocycles.